The van der Waals surface area contributed by atoms with Crippen LogP contribution in [0.2, 0.25) is 10.0 Å². The van der Waals surface area contributed by atoms with Crippen LogP contribution in [0.25, 0.3) is 0 Å². The molecule has 6 heteroatoms. The number of hydrogen-bond acceptors (Lipinski definition) is 4. The second-order valence-corrected chi connectivity index (χ2v) is 4.10. The zero-order valence-electron chi connectivity index (χ0n) is 8.43. The third-order valence-electron chi connectivity index (χ3n) is 1.93. The van der Waals surface area contributed by atoms with Crippen LogP contribution in [0.1, 0.15) is 0 Å². The largest absolute Gasteiger partial charge is 0.436 e. The van der Waals surface area contributed by atoms with Gasteiger partial charge in [-0.2, -0.15) is 4.36 Å². The highest BCUT2D eigenvalue weighted by atomic mass is 35.5. The summed E-state index contributed by atoms with van der Waals surface area (Å²) in [6.45, 7) is 0. The maximum atomic E-state index is 6.02. The second kappa shape index (κ2) is 5.40. The topological polar surface area (TPSA) is 34.5 Å². The molecule has 0 saturated carbocycles. The SMILES string of the molecule is S=Nc1cc(Cl)c(Oc2ccccn2)c(Cl)c1. The quantitative estimate of drug-likeness (QED) is 0.830. The van der Waals surface area contributed by atoms with Gasteiger partial charge in [-0.25, -0.2) is 4.98 Å². The highest BCUT2D eigenvalue weighted by Crippen LogP contribution is 2.38. The summed E-state index contributed by atoms with van der Waals surface area (Å²) in [6, 6.07) is 8.46. The summed E-state index contributed by atoms with van der Waals surface area (Å²) >= 11 is 16.6. The van der Waals surface area contributed by atoms with Gasteiger partial charge in [-0.15, -0.1) is 0 Å². The first kappa shape index (κ1) is 12.2. The molecule has 1 aromatic carbocycles. The molecule has 0 aliphatic rings. The fraction of sp³-hybridized carbons (Fsp3) is 0. The number of benzene rings is 1. The van der Waals surface area contributed by atoms with Crippen molar-refractivity contribution in [3.05, 3.63) is 46.6 Å². The van der Waals surface area contributed by atoms with Gasteiger partial charge in [0, 0.05) is 24.7 Å². The van der Waals surface area contributed by atoms with Crippen LogP contribution in [-0.4, -0.2) is 4.98 Å². The van der Waals surface area contributed by atoms with Crippen LogP contribution in [0.5, 0.6) is 11.6 Å². The van der Waals surface area contributed by atoms with E-state index < -0.39 is 0 Å². The van der Waals surface area contributed by atoms with E-state index in [1.807, 2.05) is 0 Å². The summed E-state index contributed by atoms with van der Waals surface area (Å²) in [6.07, 6.45) is 1.62. The molecule has 1 heterocycles. The Morgan fingerprint density at radius 3 is 2.41 bits per heavy atom. The fourth-order valence-electron chi connectivity index (χ4n) is 1.21. The highest BCUT2D eigenvalue weighted by molar-refractivity contribution is 7.47. The molecular formula is C11H6Cl2N2OS. The number of rotatable bonds is 3. The lowest BCUT2D eigenvalue weighted by atomic mass is 10.3. The van der Waals surface area contributed by atoms with Gasteiger partial charge in [0.1, 0.15) is 0 Å². The van der Waals surface area contributed by atoms with Gasteiger partial charge in [-0.3, -0.25) is 0 Å². The Hall–Kier alpha value is -1.23. The maximum Gasteiger partial charge on any atom is 0.219 e. The number of ether oxygens (including phenoxy) is 1. The van der Waals surface area contributed by atoms with Crippen molar-refractivity contribution < 1.29 is 4.74 Å². The van der Waals surface area contributed by atoms with E-state index in [1.165, 1.54) is 0 Å². The van der Waals surface area contributed by atoms with Crippen molar-refractivity contribution in [3.63, 3.8) is 0 Å². The lowest BCUT2D eigenvalue weighted by Gasteiger charge is -2.08. The van der Waals surface area contributed by atoms with Crippen molar-refractivity contribution in [2.24, 2.45) is 4.36 Å². The van der Waals surface area contributed by atoms with Crippen LogP contribution in [-0.2, 0) is 12.4 Å². The van der Waals surface area contributed by atoms with Crippen molar-refractivity contribution in [2.75, 3.05) is 0 Å². The number of pyridine rings is 1. The lowest BCUT2D eigenvalue weighted by molar-refractivity contribution is 0.463. The Kier molecular flexibility index (Phi) is 3.89. The van der Waals surface area contributed by atoms with E-state index in [2.05, 4.69) is 21.8 Å². The van der Waals surface area contributed by atoms with Gasteiger partial charge in [0.05, 0.1) is 15.7 Å². The maximum absolute atomic E-state index is 6.02. The Balaban J connectivity index is 2.37. The van der Waals surface area contributed by atoms with E-state index in [4.69, 9.17) is 27.9 Å². The minimum Gasteiger partial charge on any atom is -0.436 e. The first-order valence-electron chi connectivity index (χ1n) is 4.62. The normalized spacial score (nSPS) is 10.0. The van der Waals surface area contributed by atoms with Gasteiger partial charge < -0.3 is 4.74 Å². The summed E-state index contributed by atoms with van der Waals surface area (Å²) in [4.78, 5) is 4.02. The van der Waals surface area contributed by atoms with Gasteiger partial charge >= 0.3 is 0 Å². The van der Waals surface area contributed by atoms with Crippen molar-refractivity contribution >= 4 is 41.3 Å². The molecule has 0 bridgehead atoms. The lowest BCUT2D eigenvalue weighted by Crippen LogP contribution is -1.88. The molecule has 3 nitrogen and oxygen atoms in total. The summed E-state index contributed by atoms with van der Waals surface area (Å²) in [5.74, 6) is 0.758. The van der Waals surface area contributed by atoms with Crippen LogP contribution in [0.4, 0.5) is 5.69 Å². The van der Waals surface area contributed by atoms with Crippen molar-refractivity contribution in [1.29, 1.82) is 0 Å². The predicted octanol–water partition coefficient (Wildman–Crippen LogP) is 4.54. The van der Waals surface area contributed by atoms with E-state index in [0.717, 1.165) is 0 Å². The monoisotopic (exact) mass is 284 g/mol. The van der Waals surface area contributed by atoms with Gasteiger partial charge in [0.25, 0.3) is 0 Å². The van der Waals surface area contributed by atoms with Crippen molar-refractivity contribution in [3.8, 4) is 11.6 Å². The van der Waals surface area contributed by atoms with Crippen molar-refractivity contribution in [1.82, 2.24) is 4.98 Å². The summed E-state index contributed by atoms with van der Waals surface area (Å²) in [5.41, 5.74) is 0.517. The van der Waals surface area contributed by atoms with E-state index in [0.29, 0.717) is 27.4 Å². The average molecular weight is 285 g/mol. The standard InChI is InChI=1S/C11H6Cl2N2OS/c12-8-5-7(15-17)6-9(13)11(8)16-10-3-1-2-4-14-10/h1-6H. The van der Waals surface area contributed by atoms with Gasteiger partial charge in [-0.1, -0.05) is 29.3 Å². The zero-order valence-corrected chi connectivity index (χ0v) is 10.8. The molecule has 0 spiro atoms. The highest BCUT2D eigenvalue weighted by Gasteiger charge is 2.11. The Morgan fingerprint density at radius 1 is 1.18 bits per heavy atom. The van der Waals surface area contributed by atoms with Gasteiger partial charge in [0.15, 0.2) is 5.75 Å². The fourth-order valence-corrected chi connectivity index (χ4v) is 1.87. The predicted molar refractivity (Wildman–Crippen MR) is 70.2 cm³/mol. The minimum atomic E-state index is 0.340. The molecule has 2 rings (SSSR count). The number of halogens is 2. The first-order chi connectivity index (χ1) is 8.20. The van der Waals surface area contributed by atoms with E-state index in [1.54, 1.807) is 36.5 Å². The molecule has 0 unspecified atom stereocenters. The Morgan fingerprint density at radius 2 is 1.88 bits per heavy atom. The Labute approximate surface area is 114 Å². The first-order valence-corrected chi connectivity index (χ1v) is 5.74. The van der Waals surface area contributed by atoms with Crippen molar-refractivity contribution in [2.45, 2.75) is 0 Å². The van der Waals surface area contributed by atoms with Crippen LogP contribution in [0, 0.1) is 0 Å². The summed E-state index contributed by atoms with van der Waals surface area (Å²) in [7, 11) is 0. The molecule has 1 aromatic heterocycles. The molecular weight excluding hydrogens is 279 g/mol. The average Bonchev–Trinajstić information content (AvgIpc) is 2.35. The Bertz CT molecular complexity index is 525. The number of hydrogen-bond donors (Lipinski definition) is 0. The smallest absolute Gasteiger partial charge is 0.219 e. The molecule has 0 atom stereocenters. The van der Waals surface area contributed by atoms with Crippen LogP contribution < -0.4 is 4.74 Å². The molecule has 2 aromatic rings. The summed E-state index contributed by atoms with van der Waals surface area (Å²) < 4.78 is 9.07. The molecule has 0 N–H and O–H groups in total. The van der Waals surface area contributed by atoms with E-state index in [-0.39, 0.29) is 0 Å². The zero-order chi connectivity index (χ0) is 12.3. The number of nitrogens with zero attached hydrogens (tertiary/aromatic N) is 2. The third-order valence-corrected chi connectivity index (χ3v) is 2.71. The summed E-state index contributed by atoms with van der Waals surface area (Å²) in [5, 5.41) is 0.679. The minimum absolute atomic E-state index is 0.340. The van der Waals surface area contributed by atoms with Crippen LogP contribution in [0.15, 0.2) is 40.9 Å². The van der Waals surface area contributed by atoms with Crippen LogP contribution >= 0.6 is 23.2 Å². The molecule has 86 valence electrons. The molecule has 0 fully saturated rings. The third kappa shape index (κ3) is 2.91. The molecule has 0 aliphatic heterocycles. The van der Waals surface area contributed by atoms with Gasteiger partial charge in [-0.05, 0) is 18.2 Å². The van der Waals surface area contributed by atoms with Crippen LogP contribution in [0.3, 0.4) is 0 Å². The molecule has 0 aliphatic carbocycles. The molecule has 0 radical (unpaired) electrons. The van der Waals surface area contributed by atoms with E-state index in [9.17, 15) is 0 Å². The van der Waals surface area contributed by atoms with Gasteiger partial charge in [0.2, 0.25) is 5.88 Å². The molecule has 0 amide bonds. The molecule has 17 heavy (non-hydrogen) atoms. The second-order valence-electron chi connectivity index (χ2n) is 3.10. The number of aromatic nitrogens is 1. The van der Waals surface area contributed by atoms with E-state index >= 15 is 0 Å². The molecule has 0 saturated heterocycles.